The second-order valence-electron chi connectivity index (χ2n) is 4.71. The van der Waals surface area contributed by atoms with E-state index in [4.69, 9.17) is 0 Å². The number of halogens is 3. The third-order valence-electron chi connectivity index (χ3n) is 3.15. The van der Waals surface area contributed by atoms with Crippen molar-refractivity contribution >= 4 is 17.3 Å². The van der Waals surface area contributed by atoms with E-state index in [0.29, 0.717) is 5.69 Å². The summed E-state index contributed by atoms with van der Waals surface area (Å²) in [5.41, 5.74) is 0.383. The molecule has 2 aromatic rings. The first-order valence-corrected chi connectivity index (χ1v) is 6.88. The van der Waals surface area contributed by atoms with Gasteiger partial charge in [0.25, 0.3) is 0 Å². The smallest absolute Gasteiger partial charge is 0.246 e. The van der Waals surface area contributed by atoms with Crippen LogP contribution in [0, 0.1) is 17.5 Å². The number of hydrogen-bond acceptors (Lipinski definition) is 2. The molecule has 0 saturated heterocycles. The van der Waals surface area contributed by atoms with Crippen molar-refractivity contribution in [3.63, 3.8) is 0 Å². The highest BCUT2D eigenvalue weighted by atomic mass is 19.2. The van der Waals surface area contributed by atoms with E-state index >= 15 is 0 Å². The van der Waals surface area contributed by atoms with Gasteiger partial charge in [-0.25, -0.2) is 13.2 Å². The molecule has 3 nitrogen and oxygen atoms in total. The van der Waals surface area contributed by atoms with Gasteiger partial charge in [0.15, 0.2) is 17.5 Å². The molecule has 0 unspecified atom stereocenters. The molecule has 120 valence electrons. The highest BCUT2D eigenvalue weighted by Crippen LogP contribution is 2.20. The summed E-state index contributed by atoms with van der Waals surface area (Å²) in [4.78, 5) is 13.7. The van der Waals surface area contributed by atoms with Crippen LogP contribution in [0.2, 0.25) is 0 Å². The molecule has 0 bridgehead atoms. The van der Waals surface area contributed by atoms with Crippen LogP contribution < -0.4 is 10.2 Å². The summed E-state index contributed by atoms with van der Waals surface area (Å²) in [6, 6.07) is 10.7. The molecule has 0 aromatic heterocycles. The van der Waals surface area contributed by atoms with E-state index < -0.39 is 17.5 Å². The third-order valence-corrected chi connectivity index (χ3v) is 3.15. The number of benzene rings is 2. The van der Waals surface area contributed by atoms with Gasteiger partial charge < -0.3 is 10.2 Å². The summed E-state index contributed by atoms with van der Waals surface area (Å²) in [5.74, 6) is -4.57. The lowest BCUT2D eigenvalue weighted by Crippen LogP contribution is -2.35. The largest absolute Gasteiger partial charge is 0.374 e. The lowest BCUT2D eigenvalue weighted by Gasteiger charge is -2.21. The van der Waals surface area contributed by atoms with Gasteiger partial charge in [0.2, 0.25) is 5.91 Å². The van der Waals surface area contributed by atoms with Gasteiger partial charge >= 0.3 is 0 Å². The molecule has 1 amide bonds. The van der Waals surface area contributed by atoms with Crippen molar-refractivity contribution < 1.29 is 18.0 Å². The second-order valence-corrected chi connectivity index (χ2v) is 4.71. The fourth-order valence-electron chi connectivity index (χ4n) is 2.02. The first-order valence-electron chi connectivity index (χ1n) is 6.88. The zero-order valence-electron chi connectivity index (χ0n) is 12.2. The van der Waals surface area contributed by atoms with Crippen LogP contribution in [0.1, 0.15) is 0 Å². The van der Waals surface area contributed by atoms with Gasteiger partial charge in [-0.3, -0.25) is 4.79 Å². The Bertz CT molecular complexity index is 704. The minimum atomic E-state index is -1.58. The van der Waals surface area contributed by atoms with Crippen LogP contribution in [0.4, 0.5) is 24.5 Å². The Balaban J connectivity index is 2.11. The number of rotatable bonds is 6. The summed E-state index contributed by atoms with van der Waals surface area (Å²) < 4.78 is 39.6. The van der Waals surface area contributed by atoms with E-state index in [1.165, 1.54) is 4.90 Å². The molecule has 0 aliphatic rings. The molecule has 0 radical (unpaired) electrons. The number of amides is 1. The molecule has 0 aliphatic heterocycles. The number of nitrogens with zero attached hydrogens (tertiary/aromatic N) is 1. The molecule has 0 heterocycles. The lowest BCUT2D eigenvalue weighted by molar-refractivity contribution is -0.116. The third kappa shape index (κ3) is 3.91. The van der Waals surface area contributed by atoms with Crippen molar-refractivity contribution in [2.24, 2.45) is 0 Å². The molecule has 0 fully saturated rings. The monoisotopic (exact) mass is 320 g/mol. The Kier molecular flexibility index (Phi) is 5.41. The predicted molar refractivity (Wildman–Crippen MR) is 83.8 cm³/mol. The van der Waals surface area contributed by atoms with Gasteiger partial charge in [-0.05, 0) is 24.3 Å². The van der Waals surface area contributed by atoms with Crippen molar-refractivity contribution in [2.75, 3.05) is 23.3 Å². The van der Waals surface area contributed by atoms with Gasteiger partial charge in [-0.1, -0.05) is 24.3 Å². The summed E-state index contributed by atoms with van der Waals surface area (Å²) >= 11 is 0. The van der Waals surface area contributed by atoms with Crippen LogP contribution in [-0.2, 0) is 4.79 Å². The number of anilines is 2. The highest BCUT2D eigenvalue weighted by molar-refractivity contribution is 5.96. The summed E-state index contributed by atoms with van der Waals surface area (Å²) in [5, 5.41) is 2.48. The number of hydrogen-bond donors (Lipinski definition) is 1. The maximum atomic E-state index is 13.6. The quantitative estimate of drug-likeness (QED) is 0.650. The van der Waals surface area contributed by atoms with Crippen molar-refractivity contribution in [3.8, 4) is 0 Å². The van der Waals surface area contributed by atoms with E-state index in [9.17, 15) is 18.0 Å². The summed E-state index contributed by atoms with van der Waals surface area (Å²) in [6.07, 6.45) is 1.56. The maximum Gasteiger partial charge on any atom is 0.246 e. The molecule has 2 rings (SSSR count). The molecule has 6 heteroatoms. The Morgan fingerprint density at radius 3 is 2.43 bits per heavy atom. The van der Waals surface area contributed by atoms with Crippen molar-refractivity contribution in [1.29, 1.82) is 0 Å². The van der Waals surface area contributed by atoms with Crippen LogP contribution in [0.15, 0.2) is 55.1 Å². The van der Waals surface area contributed by atoms with E-state index in [1.807, 2.05) is 6.07 Å². The van der Waals surface area contributed by atoms with E-state index in [2.05, 4.69) is 11.9 Å². The van der Waals surface area contributed by atoms with E-state index in [1.54, 1.807) is 30.3 Å². The Morgan fingerprint density at radius 2 is 1.78 bits per heavy atom. The van der Waals surface area contributed by atoms with E-state index in [0.717, 1.165) is 12.1 Å². The Labute approximate surface area is 132 Å². The summed E-state index contributed by atoms with van der Waals surface area (Å²) in [6.45, 7) is 3.59. The minimum Gasteiger partial charge on any atom is -0.374 e. The average molecular weight is 320 g/mol. The molecule has 0 saturated carbocycles. The molecular formula is C17H15F3N2O. The maximum absolute atomic E-state index is 13.6. The molecule has 23 heavy (non-hydrogen) atoms. The van der Waals surface area contributed by atoms with Crippen LogP contribution in [-0.4, -0.2) is 19.0 Å². The molecule has 2 aromatic carbocycles. The Hall–Kier alpha value is -2.76. The first kappa shape index (κ1) is 16.6. The highest BCUT2D eigenvalue weighted by Gasteiger charge is 2.17. The fourth-order valence-corrected chi connectivity index (χ4v) is 2.02. The molecule has 0 spiro atoms. The number of para-hydroxylation sites is 1. The SMILES string of the molecule is C=CCN(C(=O)CNc1ccc(F)c(F)c1F)c1ccccc1. The zero-order valence-corrected chi connectivity index (χ0v) is 12.2. The molecule has 1 N–H and O–H groups in total. The standard InChI is InChI=1S/C17H15F3N2O/c1-2-10-22(12-6-4-3-5-7-12)15(23)11-21-14-9-8-13(18)16(19)17(14)20/h2-9,21H,1,10-11H2. The first-order chi connectivity index (χ1) is 11.0. The lowest BCUT2D eigenvalue weighted by atomic mass is 10.2. The van der Waals surface area contributed by atoms with Gasteiger partial charge in [0.1, 0.15) is 0 Å². The predicted octanol–water partition coefficient (Wildman–Crippen LogP) is 3.74. The van der Waals surface area contributed by atoms with Crippen LogP contribution in [0.3, 0.4) is 0 Å². The average Bonchev–Trinajstić information content (AvgIpc) is 2.57. The number of nitrogens with one attached hydrogen (secondary N) is 1. The summed E-state index contributed by atoms with van der Waals surface area (Å²) in [7, 11) is 0. The zero-order chi connectivity index (χ0) is 16.8. The fraction of sp³-hybridized carbons (Fsp3) is 0.118. The van der Waals surface area contributed by atoms with Crippen molar-refractivity contribution in [2.45, 2.75) is 0 Å². The van der Waals surface area contributed by atoms with Crippen molar-refractivity contribution in [1.82, 2.24) is 0 Å². The van der Waals surface area contributed by atoms with E-state index in [-0.39, 0.29) is 24.7 Å². The number of carbonyl (C=O) groups excluding carboxylic acids is 1. The molecule has 0 aliphatic carbocycles. The van der Waals surface area contributed by atoms with Gasteiger partial charge in [-0.15, -0.1) is 6.58 Å². The Morgan fingerprint density at radius 1 is 1.09 bits per heavy atom. The van der Waals surface area contributed by atoms with Crippen LogP contribution in [0.25, 0.3) is 0 Å². The van der Waals surface area contributed by atoms with Gasteiger partial charge in [-0.2, -0.15) is 0 Å². The second kappa shape index (κ2) is 7.49. The number of carbonyl (C=O) groups is 1. The van der Waals surface area contributed by atoms with Gasteiger partial charge in [0, 0.05) is 12.2 Å². The van der Waals surface area contributed by atoms with Gasteiger partial charge in [0.05, 0.1) is 12.2 Å². The normalized spacial score (nSPS) is 10.2. The topological polar surface area (TPSA) is 32.3 Å². The molecular weight excluding hydrogens is 305 g/mol. The van der Waals surface area contributed by atoms with Crippen molar-refractivity contribution in [3.05, 3.63) is 72.6 Å². The van der Waals surface area contributed by atoms with Crippen LogP contribution in [0.5, 0.6) is 0 Å². The van der Waals surface area contributed by atoms with Crippen LogP contribution >= 0.6 is 0 Å². The molecule has 0 atom stereocenters. The minimum absolute atomic E-state index is 0.269.